The Morgan fingerprint density at radius 2 is 1.39 bits per heavy atom. The van der Waals surface area contributed by atoms with Gasteiger partial charge in [-0.05, 0) is 80.4 Å². The normalized spacial score (nSPS) is 12.5. The molecule has 230 valence electrons. The summed E-state index contributed by atoms with van der Waals surface area (Å²) in [7, 11) is -4.19. The van der Waals surface area contributed by atoms with E-state index in [-0.39, 0.29) is 29.1 Å². The number of nitrogens with zero attached hydrogens (tertiary/aromatic N) is 2. The lowest BCUT2D eigenvalue weighted by Crippen LogP contribution is -2.52. The number of anilines is 1. The number of amides is 2. The van der Waals surface area contributed by atoms with Gasteiger partial charge in [-0.15, -0.1) is 0 Å². The number of benzene rings is 4. The Bertz CT molecular complexity index is 1650. The highest BCUT2D eigenvalue weighted by Gasteiger charge is 2.33. The van der Waals surface area contributed by atoms with Gasteiger partial charge in [0.15, 0.2) is 0 Å². The highest BCUT2D eigenvalue weighted by atomic mass is 35.5. The van der Waals surface area contributed by atoms with Crippen LogP contribution in [0.15, 0.2) is 114 Å². The van der Waals surface area contributed by atoms with Crippen LogP contribution in [0.5, 0.6) is 11.5 Å². The lowest BCUT2D eigenvalue weighted by Gasteiger charge is -2.32. The Morgan fingerprint density at radius 3 is 2.00 bits per heavy atom. The summed E-state index contributed by atoms with van der Waals surface area (Å²) in [4.78, 5) is 28.7. The average Bonchev–Trinajstić information content (AvgIpc) is 3.04. The van der Waals surface area contributed by atoms with E-state index in [4.69, 9.17) is 16.3 Å². The van der Waals surface area contributed by atoms with E-state index in [2.05, 4.69) is 5.32 Å². The molecule has 4 aromatic carbocycles. The summed E-state index contributed by atoms with van der Waals surface area (Å²) >= 11 is 6.43. The van der Waals surface area contributed by atoms with Crippen LogP contribution in [0.25, 0.3) is 0 Å². The first kappa shape index (κ1) is 32.6. The zero-order valence-corrected chi connectivity index (χ0v) is 26.5. The molecular weight excluding hydrogens is 598 g/mol. The summed E-state index contributed by atoms with van der Waals surface area (Å²) < 4.78 is 34.9. The van der Waals surface area contributed by atoms with Gasteiger partial charge in [0, 0.05) is 17.6 Å². The molecule has 8 nitrogen and oxygen atoms in total. The van der Waals surface area contributed by atoms with Gasteiger partial charge in [0.25, 0.3) is 10.0 Å². The molecule has 0 aliphatic carbocycles. The van der Waals surface area contributed by atoms with Gasteiger partial charge in [-0.2, -0.15) is 0 Å². The van der Waals surface area contributed by atoms with Gasteiger partial charge in [0.2, 0.25) is 11.8 Å². The number of nitrogens with one attached hydrogen (secondary N) is 1. The Morgan fingerprint density at radius 1 is 0.818 bits per heavy atom. The predicted molar refractivity (Wildman–Crippen MR) is 173 cm³/mol. The summed E-state index contributed by atoms with van der Waals surface area (Å²) in [6.45, 7) is 4.91. The summed E-state index contributed by atoms with van der Waals surface area (Å²) in [5.74, 6) is 0.212. The van der Waals surface area contributed by atoms with Crippen LogP contribution in [0.1, 0.15) is 32.8 Å². The number of rotatable bonds is 13. The maximum atomic E-state index is 14.1. The topological polar surface area (TPSA) is 96.0 Å². The fourth-order valence-corrected chi connectivity index (χ4v) is 6.04. The molecule has 10 heteroatoms. The van der Waals surface area contributed by atoms with Crippen molar-refractivity contribution in [3.05, 3.63) is 120 Å². The molecule has 0 heterocycles. The van der Waals surface area contributed by atoms with Gasteiger partial charge in [0.1, 0.15) is 24.1 Å². The van der Waals surface area contributed by atoms with E-state index in [1.54, 1.807) is 73.7 Å². The van der Waals surface area contributed by atoms with Crippen LogP contribution in [0.3, 0.4) is 0 Å². The highest BCUT2D eigenvalue weighted by molar-refractivity contribution is 7.92. The van der Waals surface area contributed by atoms with Crippen molar-refractivity contribution < 1.29 is 22.7 Å². The van der Waals surface area contributed by atoms with Crippen LogP contribution in [0, 0.1) is 0 Å². The van der Waals surface area contributed by atoms with Crippen molar-refractivity contribution in [1.82, 2.24) is 10.2 Å². The minimum atomic E-state index is -4.19. The molecule has 4 rings (SSSR count). The first-order valence-corrected chi connectivity index (χ1v) is 16.2. The van der Waals surface area contributed by atoms with Gasteiger partial charge in [0.05, 0.1) is 10.6 Å². The molecule has 0 spiro atoms. The van der Waals surface area contributed by atoms with E-state index < -0.39 is 28.5 Å². The molecule has 0 bridgehead atoms. The van der Waals surface area contributed by atoms with Crippen LogP contribution in [0.4, 0.5) is 5.69 Å². The zero-order chi connectivity index (χ0) is 31.7. The molecule has 1 N–H and O–H groups in total. The van der Waals surface area contributed by atoms with Crippen molar-refractivity contribution in [2.24, 2.45) is 0 Å². The highest BCUT2D eigenvalue weighted by Crippen LogP contribution is 2.29. The number of hydrogen-bond acceptors (Lipinski definition) is 5. The van der Waals surface area contributed by atoms with E-state index >= 15 is 0 Å². The standard InChI is InChI=1S/C34H36ClN3O5S/c1-4-25(2)36-34(40)26(3)37(23-27-13-11-12-18-32(27)35)33(39)24-38(44(41,42)31-16-9-6-10-17-31)28-19-21-30(22-20-28)43-29-14-7-5-8-15-29/h5-22,25-26H,4,23-24H2,1-3H3,(H,36,40)/t25-,26-/m0/s1. The summed E-state index contributed by atoms with van der Waals surface area (Å²) in [6, 6.07) is 29.6. The first-order valence-electron chi connectivity index (χ1n) is 14.3. The Labute approximate surface area is 264 Å². The third-order valence-corrected chi connectivity index (χ3v) is 9.34. The third kappa shape index (κ3) is 8.18. The van der Waals surface area contributed by atoms with Gasteiger partial charge in [-0.3, -0.25) is 13.9 Å². The smallest absolute Gasteiger partial charge is 0.264 e. The van der Waals surface area contributed by atoms with Crippen molar-refractivity contribution >= 4 is 39.1 Å². The van der Waals surface area contributed by atoms with Crippen molar-refractivity contribution in [2.45, 2.75) is 50.7 Å². The number of ether oxygens (including phenoxy) is 1. The number of halogens is 1. The summed E-state index contributed by atoms with van der Waals surface area (Å²) in [6.07, 6.45) is 0.712. The molecule has 0 unspecified atom stereocenters. The van der Waals surface area contributed by atoms with Crippen molar-refractivity contribution in [3.8, 4) is 11.5 Å². The second kappa shape index (κ2) is 14.9. The van der Waals surface area contributed by atoms with E-state index in [9.17, 15) is 18.0 Å². The van der Waals surface area contributed by atoms with Gasteiger partial charge in [-0.25, -0.2) is 8.42 Å². The number of carbonyl (C=O) groups is 2. The molecule has 0 radical (unpaired) electrons. The minimum Gasteiger partial charge on any atom is -0.457 e. The zero-order valence-electron chi connectivity index (χ0n) is 24.9. The minimum absolute atomic E-state index is 0.0106. The SMILES string of the molecule is CC[C@H](C)NC(=O)[C@H](C)N(Cc1ccccc1Cl)C(=O)CN(c1ccc(Oc2ccccc2)cc1)S(=O)(=O)c1ccccc1. The fourth-order valence-electron chi connectivity index (χ4n) is 4.41. The Balaban J connectivity index is 1.70. The maximum Gasteiger partial charge on any atom is 0.264 e. The van der Waals surface area contributed by atoms with Crippen molar-refractivity contribution in [2.75, 3.05) is 10.8 Å². The lowest BCUT2D eigenvalue weighted by atomic mass is 10.1. The van der Waals surface area contributed by atoms with E-state index in [1.165, 1.54) is 17.0 Å². The molecule has 4 aromatic rings. The van der Waals surface area contributed by atoms with Gasteiger partial charge in [-0.1, -0.05) is 73.1 Å². The Kier molecular flexibility index (Phi) is 11.0. The lowest BCUT2D eigenvalue weighted by molar-refractivity contribution is -0.139. The van der Waals surface area contributed by atoms with E-state index in [1.807, 2.05) is 44.2 Å². The monoisotopic (exact) mass is 633 g/mol. The number of sulfonamides is 1. The average molecular weight is 634 g/mol. The van der Waals surface area contributed by atoms with Crippen molar-refractivity contribution in [1.29, 1.82) is 0 Å². The molecule has 0 fully saturated rings. The van der Waals surface area contributed by atoms with Gasteiger partial charge >= 0.3 is 0 Å². The molecule has 0 saturated heterocycles. The molecule has 0 aromatic heterocycles. The van der Waals surface area contributed by atoms with Crippen molar-refractivity contribution in [3.63, 3.8) is 0 Å². The second-order valence-electron chi connectivity index (χ2n) is 10.3. The van der Waals surface area contributed by atoms with Crippen LogP contribution in [0.2, 0.25) is 5.02 Å². The first-order chi connectivity index (χ1) is 21.1. The van der Waals surface area contributed by atoms with E-state index in [0.29, 0.717) is 28.5 Å². The largest absolute Gasteiger partial charge is 0.457 e. The predicted octanol–water partition coefficient (Wildman–Crippen LogP) is 6.66. The molecule has 0 saturated carbocycles. The van der Waals surface area contributed by atoms with Crippen LogP contribution in [-0.2, 0) is 26.2 Å². The third-order valence-electron chi connectivity index (χ3n) is 7.18. The molecule has 0 aliphatic rings. The van der Waals surface area contributed by atoms with E-state index in [0.717, 1.165) is 4.31 Å². The number of carbonyl (C=O) groups excluding carboxylic acids is 2. The molecule has 0 aliphatic heterocycles. The fraction of sp³-hybridized carbons (Fsp3) is 0.235. The molecular formula is C34H36ClN3O5S. The summed E-state index contributed by atoms with van der Waals surface area (Å²) in [5.41, 5.74) is 0.891. The van der Waals surface area contributed by atoms with Crippen LogP contribution in [-0.4, -0.2) is 43.8 Å². The Hall–Kier alpha value is -4.34. The van der Waals surface area contributed by atoms with Crippen LogP contribution < -0.4 is 14.4 Å². The summed E-state index contributed by atoms with van der Waals surface area (Å²) in [5, 5.41) is 3.35. The van der Waals surface area contributed by atoms with Crippen LogP contribution >= 0.6 is 11.6 Å². The molecule has 2 amide bonds. The number of hydrogen-bond donors (Lipinski definition) is 1. The second-order valence-corrected chi connectivity index (χ2v) is 12.6. The number of para-hydroxylation sites is 1. The maximum absolute atomic E-state index is 14.1. The van der Waals surface area contributed by atoms with Gasteiger partial charge < -0.3 is 15.0 Å². The molecule has 2 atom stereocenters. The molecule has 44 heavy (non-hydrogen) atoms. The quantitative estimate of drug-likeness (QED) is 0.178.